The van der Waals surface area contributed by atoms with Crippen molar-refractivity contribution < 1.29 is 33.8 Å². The Balaban J connectivity index is 3.04. The van der Waals surface area contributed by atoms with Gasteiger partial charge in [-0.2, -0.15) is 0 Å². The Kier molecular flexibility index (Phi) is 8.43. The van der Waals surface area contributed by atoms with Crippen LogP contribution in [0.25, 0.3) is 0 Å². The van der Waals surface area contributed by atoms with E-state index in [1.165, 1.54) is 18.2 Å². The van der Waals surface area contributed by atoms with Crippen molar-refractivity contribution in [2.24, 2.45) is 0 Å². The van der Waals surface area contributed by atoms with Gasteiger partial charge in [-0.15, -0.1) is 0 Å². The highest BCUT2D eigenvalue weighted by Gasteiger charge is 2.18. The van der Waals surface area contributed by atoms with Crippen LogP contribution in [0, 0.1) is 0 Å². The second kappa shape index (κ2) is 10.3. The lowest BCUT2D eigenvalue weighted by Crippen LogP contribution is -2.28. The predicted molar refractivity (Wildman–Crippen MR) is 106 cm³/mol. The summed E-state index contributed by atoms with van der Waals surface area (Å²) in [5, 5.41) is 16.1. The first kappa shape index (κ1) is 23.7. The lowest BCUT2D eigenvalue weighted by Gasteiger charge is -2.20. The van der Waals surface area contributed by atoms with Gasteiger partial charge in [-0.25, -0.2) is 9.59 Å². The molecule has 3 amide bonds. The molecule has 0 aromatic heterocycles. The zero-order valence-electron chi connectivity index (χ0n) is 17.1. The summed E-state index contributed by atoms with van der Waals surface area (Å²) in [6.45, 7) is 8.40. The third-order valence-corrected chi connectivity index (χ3v) is 3.05. The summed E-state index contributed by atoms with van der Waals surface area (Å²) < 4.78 is 10.2. The van der Waals surface area contributed by atoms with E-state index >= 15 is 0 Å². The van der Waals surface area contributed by atoms with Gasteiger partial charge in [0.1, 0.15) is 5.60 Å². The van der Waals surface area contributed by atoms with Crippen LogP contribution in [0.1, 0.15) is 51.4 Å². The number of carbonyl (C=O) groups excluding carboxylic acids is 3. The molecule has 0 saturated heterocycles. The number of carbonyl (C=O) groups is 4. The Morgan fingerprint density at radius 3 is 2.03 bits per heavy atom. The molecule has 1 aromatic carbocycles. The molecule has 1 aromatic rings. The number of rotatable bonds is 7. The third kappa shape index (κ3) is 9.99. The minimum atomic E-state index is -1.05. The maximum absolute atomic E-state index is 12.3. The number of carboxylic acid groups (broad SMARTS) is 1. The topological polar surface area (TPSA) is 143 Å². The summed E-state index contributed by atoms with van der Waals surface area (Å²) >= 11 is 0. The highest BCUT2D eigenvalue weighted by Crippen LogP contribution is 2.21. The molecule has 0 atom stereocenters. The lowest BCUT2D eigenvalue weighted by molar-refractivity contribution is -0.136. The number of ether oxygens (including phenoxy) is 2. The highest BCUT2D eigenvalue weighted by atomic mass is 16.6. The van der Waals surface area contributed by atoms with Crippen LogP contribution in [0.5, 0.6) is 0 Å². The molecule has 0 unspecified atom stereocenters. The molecule has 0 radical (unpaired) electrons. The fraction of sp³-hybridized carbons (Fsp3) is 0.474. The molecule has 4 N–H and O–H groups in total. The number of anilines is 2. The smallest absolute Gasteiger partial charge is 0.412 e. The van der Waals surface area contributed by atoms with E-state index in [0.717, 1.165) is 0 Å². The summed E-state index contributed by atoms with van der Waals surface area (Å²) in [4.78, 5) is 46.8. The maximum Gasteiger partial charge on any atom is 0.412 e. The average Bonchev–Trinajstić information content (AvgIpc) is 2.51. The van der Waals surface area contributed by atoms with Crippen molar-refractivity contribution in [1.82, 2.24) is 5.32 Å². The van der Waals surface area contributed by atoms with Crippen molar-refractivity contribution >= 4 is 35.4 Å². The molecule has 0 aliphatic carbocycles. The van der Waals surface area contributed by atoms with Crippen LogP contribution >= 0.6 is 0 Å². The summed E-state index contributed by atoms with van der Waals surface area (Å²) in [7, 11) is 0. The number of hydrogen-bond donors (Lipinski definition) is 4. The summed E-state index contributed by atoms with van der Waals surface area (Å²) in [6.07, 6.45) is -2.06. The van der Waals surface area contributed by atoms with Crippen LogP contribution < -0.4 is 16.0 Å². The Morgan fingerprint density at radius 1 is 1.00 bits per heavy atom. The van der Waals surface area contributed by atoms with Gasteiger partial charge >= 0.3 is 18.2 Å². The van der Waals surface area contributed by atoms with Crippen molar-refractivity contribution in [3.05, 3.63) is 23.8 Å². The van der Waals surface area contributed by atoms with E-state index in [9.17, 15) is 19.2 Å². The van der Waals surface area contributed by atoms with Gasteiger partial charge in [-0.1, -0.05) is 0 Å². The van der Waals surface area contributed by atoms with Crippen LogP contribution in [0.4, 0.5) is 21.0 Å². The van der Waals surface area contributed by atoms with Gasteiger partial charge in [-0.05, 0) is 52.8 Å². The second-order valence-corrected chi connectivity index (χ2v) is 7.40. The van der Waals surface area contributed by atoms with Crippen LogP contribution in [0.15, 0.2) is 18.2 Å². The van der Waals surface area contributed by atoms with Crippen LogP contribution in [0.3, 0.4) is 0 Å². The molecule has 0 aliphatic heterocycles. The summed E-state index contributed by atoms with van der Waals surface area (Å²) in [6, 6.07) is 4.18. The van der Waals surface area contributed by atoms with Crippen molar-refractivity contribution in [3.63, 3.8) is 0 Å². The maximum atomic E-state index is 12.3. The molecule has 0 fully saturated rings. The zero-order chi connectivity index (χ0) is 22.2. The quantitative estimate of drug-likeness (QED) is 0.541. The summed E-state index contributed by atoms with van der Waals surface area (Å²) in [5.41, 5.74) is -0.223. The largest absolute Gasteiger partial charge is 0.481 e. The molecule has 0 saturated carbocycles. The first-order valence-corrected chi connectivity index (χ1v) is 8.98. The monoisotopic (exact) mass is 409 g/mol. The van der Waals surface area contributed by atoms with Gasteiger partial charge < -0.3 is 19.9 Å². The molecule has 160 valence electrons. The number of carboxylic acids is 1. The van der Waals surface area contributed by atoms with Gasteiger partial charge in [0.25, 0.3) is 5.91 Å². The number of aliphatic carboxylic acids is 1. The van der Waals surface area contributed by atoms with Crippen molar-refractivity contribution in [3.8, 4) is 0 Å². The van der Waals surface area contributed by atoms with E-state index in [0.29, 0.717) is 0 Å². The first-order chi connectivity index (χ1) is 13.4. The molecule has 0 aliphatic rings. The van der Waals surface area contributed by atoms with E-state index in [1.807, 2.05) is 0 Å². The van der Waals surface area contributed by atoms with Crippen molar-refractivity contribution in [1.29, 1.82) is 0 Å². The minimum Gasteiger partial charge on any atom is -0.481 e. The Labute approximate surface area is 168 Å². The minimum absolute atomic E-state index is 0.0734. The fourth-order valence-corrected chi connectivity index (χ4v) is 2.07. The van der Waals surface area contributed by atoms with E-state index in [4.69, 9.17) is 14.6 Å². The van der Waals surface area contributed by atoms with E-state index < -0.39 is 29.7 Å². The van der Waals surface area contributed by atoms with Gasteiger partial charge in [0.15, 0.2) is 0 Å². The fourth-order valence-electron chi connectivity index (χ4n) is 2.07. The van der Waals surface area contributed by atoms with Gasteiger partial charge in [-0.3, -0.25) is 20.2 Å². The molecule has 29 heavy (non-hydrogen) atoms. The molecular weight excluding hydrogens is 382 g/mol. The van der Waals surface area contributed by atoms with Crippen LogP contribution in [0.2, 0.25) is 0 Å². The lowest BCUT2D eigenvalue weighted by atomic mass is 10.1. The van der Waals surface area contributed by atoms with Crippen molar-refractivity contribution in [2.75, 3.05) is 17.2 Å². The van der Waals surface area contributed by atoms with Gasteiger partial charge in [0.05, 0.1) is 12.5 Å². The molecule has 10 heteroatoms. The molecule has 0 bridgehead atoms. The van der Waals surface area contributed by atoms with Crippen LogP contribution in [-0.4, -0.2) is 47.4 Å². The van der Waals surface area contributed by atoms with Gasteiger partial charge in [0, 0.05) is 23.5 Å². The number of nitrogens with one attached hydrogen (secondary N) is 3. The van der Waals surface area contributed by atoms with Gasteiger partial charge in [0.2, 0.25) is 0 Å². The highest BCUT2D eigenvalue weighted by molar-refractivity contribution is 5.99. The second-order valence-electron chi connectivity index (χ2n) is 7.40. The van der Waals surface area contributed by atoms with E-state index in [2.05, 4.69) is 16.0 Å². The Hall–Kier alpha value is -3.30. The van der Waals surface area contributed by atoms with E-state index in [1.54, 1.807) is 34.6 Å². The first-order valence-electron chi connectivity index (χ1n) is 8.98. The number of benzene rings is 1. The SMILES string of the molecule is CC(C)OC(=O)Nc1cc(NC(=O)OC(C)(C)C)cc(C(=O)NCCC(=O)O)c1. The predicted octanol–water partition coefficient (Wildman–Crippen LogP) is 3.20. The molecular formula is C19H27N3O7. The van der Waals surface area contributed by atoms with Crippen LogP contribution in [-0.2, 0) is 14.3 Å². The Bertz CT molecular complexity index is 770. The average molecular weight is 409 g/mol. The standard InChI is InChI=1S/C19H27N3O7/c1-11(2)28-17(26)21-13-8-12(16(25)20-7-6-15(23)24)9-14(10-13)22-18(27)29-19(3,4)5/h8-11H,6-7H2,1-5H3,(H,20,25)(H,21,26)(H,22,27)(H,23,24). The Morgan fingerprint density at radius 2 is 1.55 bits per heavy atom. The molecule has 0 heterocycles. The molecule has 10 nitrogen and oxygen atoms in total. The summed E-state index contributed by atoms with van der Waals surface area (Å²) in [5.74, 6) is -1.62. The van der Waals surface area contributed by atoms with Crippen molar-refractivity contribution in [2.45, 2.75) is 52.7 Å². The number of amides is 3. The molecule has 0 spiro atoms. The zero-order valence-corrected chi connectivity index (χ0v) is 17.1. The molecule has 1 rings (SSSR count). The number of hydrogen-bond acceptors (Lipinski definition) is 6. The normalized spacial score (nSPS) is 10.8. The van der Waals surface area contributed by atoms with E-state index in [-0.39, 0.29) is 36.0 Å². The third-order valence-electron chi connectivity index (χ3n) is 3.05.